The Bertz CT molecular complexity index is 565. The van der Waals surface area contributed by atoms with E-state index in [4.69, 9.17) is 21.1 Å². The highest BCUT2D eigenvalue weighted by Gasteiger charge is 2.42. The summed E-state index contributed by atoms with van der Waals surface area (Å²) in [6, 6.07) is 4.44. The van der Waals surface area contributed by atoms with Crippen LogP contribution in [0.1, 0.15) is 31.2 Å². The van der Waals surface area contributed by atoms with Gasteiger partial charge >= 0.3 is 0 Å². The zero-order chi connectivity index (χ0) is 15.3. The number of nitrogens with zero attached hydrogens (tertiary/aromatic N) is 1. The van der Waals surface area contributed by atoms with Crippen LogP contribution in [0.2, 0.25) is 5.02 Å². The molecule has 2 saturated carbocycles. The Morgan fingerprint density at radius 3 is 2.45 bits per heavy atom. The molecule has 2 fully saturated rings. The molecule has 1 heterocycles. The minimum Gasteiger partial charge on any atom is -0.454 e. The first-order valence-electron chi connectivity index (χ1n) is 8.06. The van der Waals surface area contributed by atoms with Crippen LogP contribution < -0.4 is 9.47 Å². The molecule has 22 heavy (non-hydrogen) atoms. The molecule has 1 aliphatic heterocycles. The number of rotatable bonds is 3. The lowest BCUT2D eigenvalue weighted by molar-refractivity contribution is 0.158. The molecule has 0 radical (unpaired) electrons. The second-order valence-electron chi connectivity index (χ2n) is 6.98. The van der Waals surface area contributed by atoms with Gasteiger partial charge in [0.2, 0.25) is 6.79 Å². The molecule has 1 N–H and O–H groups in total. The van der Waals surface area contributed by atoms with Crippen molar-refractivity contribution in [3.63, 3.8) is 0 Å². The lowest BCUT2D eigenvalue weighted by atomic mass is 10.0. The van der Waals surface area contributed by atoms with Gasteiger partial charge in [-0.25, -0.2) is 0 Å². The van der Waals surface area contributed by atoms with Crippen molar-refractivity contribution in [3.05, 3.63) is 22.7 Å². The highest BCUT2D eigenvalue weighted by atomic mass is 35.5. The lowest BCUT2D eigenvalue weighted by Gasteiger charge is -2.26. The molecule has 0 aromatic heterocycles. The Hall–Kier alpha value is -0.970. The van der Waals surface area contributed by atoms with Crippen molar-refractivity contribution in [2.45, 2.75) is 44.4 Å². The molecule has 2 aliphatic carbocycles. The summed E-state index contributed by atoms with van der Waals surface area (Å²) in [5.74, 6) is 2.93. The second kappa shape index (κ2) is 5.59. The molecule has 0 saturated heterocycles. The minimum atomic E-state index is -0.0652. The summed E-state index contributed by atoms with van der Waals surface area (Å²) in [5, 5.41) is 10.5. The van der Waals surface area contributed by atoms with Crippen molar-refractivity contribution in [3.8, 4) is 11.5 Å². The number of benzene rings is 1. The van der Waals surface area contributed by atoms with Crippen LogP contribution in [0, 0.1) is 11.8 Å². The van der Waals surface area contributed by atoms with Crippen LogP contribution in [0.3, 0.4) is 0 Å². The molecule has 2 unspecified atom stereocenters. The van der Waals surface area contributed by atoms with Gasteiger partial charge < -0.3 is 14.6 Å². The summed E-state index contributed by atoms with van der Waals surface area (Å²) in [6.07, 6.45) is 4.30. The van der Waals surface area contributed by atoms with Gasteiger partial charge in [-0.15, -0.1) is 0 Å². The third kappa shape index (κ3) is 2.57. The maximum atomic E-state index is 9.76. The number of fused-ring (bicyclic) bond motifs is 2. The molecule has 3 aliphatic rings. The number of halogens is 1. The Kier molecular flexibility index (Phi) is 3.71. The van der Waals surface area contributed by atoms with Gasteiger partial charge in [-0.1, -0.05) is 11.6 Å². The third-order valence-electron chi connectivity index (χ3n) is 5.55. The van der Waals surface area contributed by atoms with Gasteiger partial charge in [-0.05, 0) is 56.2 Å². The summed E-state index contributed by atoms with van der Waals surface area (Å²) in [4.78, 5) is 2.40. The molecule has 0 amide bonds. The molecule has 0 bridgehead atoms. The normalized spacial score (nSPS) is 32.7. The molecular weight excluding hydrogens is 302 g/mol. The topological polar surface area (TPSA) is 41.9 Å². The molecule has 120 valence electrons. The number of aliphatic hydroxyl groups is 1. The monoisotopic (exact) mass is 323 g/mol. The Morgan fingerprint density at radius 2 is 1.77 bits per heavy atom. The summed E-state index contributed by atoms with van der Waals surface area (Å²) < 4.78 is 10.8. The highest BCUT2D eigenvalue weighted by Crippen LogP contribution is 2.46. The van der Waals surface area contributed by atoms with Crippen molar-refractivity contribution in [2.75, 3.05) is 13.8 Å². The zero-order valence-corrected chi connectivity index (χ0v) is 13.6. The SMILES string of the molecule is CN(Cc1cc2c(cc1Cl)OCO2)C1C[C@H]2CC(O)C[C@H]2C1. The van der Waals surface area contributed by atoms with Gasteiger partial charge in [-0.3, -0.25) is 4.90 Å². The van der Waals surface area contributed by atoms with Gasteiger partial charge in [0.25, 0.3) is 0 Å². The van der Waals surface area contributed by atoms with Gasteiger partial charge in [0, 0.05) is 23.7 Å². The molecule has 4 nitrogen and oxygen atoms in total. The van der Waals surface area contributed by atoms with E-state index < -0.39 is 0 Å². The lowest BCUT2D eigenvalue weighted by Crippen LogP contribution is -2.30. The minimum absolute atomic E-state index is 0.0652. The fraction of sp³-hybridized carbons (Fsp3) is 0.647. The van der Waals surface area contributed by atoms with E-state index in [1.165, 1.54) is 12.8 Å². The molecule has 0 spiro atoms. The van der Waals surface area contributed by atoms with Crippen molar-refractivity contribution < 1.29 is 14.6 Å². The Balaban J connectivity index is 1.44. The molecule has 4 rings (SSSR count). The molecule has 5 heteroatoms. The van der Waals surface area contributed by atoms with E-state index in [-0.39, 0.29) is 12.9 Å². The maximum absolute atomic E-state index is 9.76. The highest BCUT2D eigenvalue weighted by molar-refractivity contribution is 6.31. The maximum Gasteiger partial charge on any atom is 0.231 e. The second-order valence-corrected chi connectivity index (χ2v) is 7.39. The largest absolute Gasteiger partial charge is 0.454 e. The van der Waals surface area contributed by atoms with Crippen LogP contribution in [-0.4, -0.2) is 36.0 Å². The first-order valence-corrected chi connectivity index (χ1v) is 8.44. The number of hydrogen-bond acceptors (Lipinski definition) is 4. The zero-order valence-electron chi connectivity index (χ0n) is 12.8. The van der Waals surface area contributed by atoms with E-state index in [0.29, 0.717) is 17.9 Å². The molecule has 1 aromatic carbocycles. The van der Waals surface area contributed by atoms with Gasteiger partial charge in [0.05, 0.1) is 6.10 Å². The van der Waals surface area contributed by atoms with Crippen LogP contribution in [-0.2, 0) is 6.54 Å². The van der Waals surface area contributed by atoms with Crippen LogP contribution in [0.4, 0.5) is 0 Å². The van der Waals surface area contributed by atoms with E-state index in [2.05, 4.69) is 11.9 Å². The van der Waals surface area contributed by atoms with E-state index >= 15 is 0 Å². The summed E-state index contributed by atoms with van der Waals surface area (Å²) in [6.45, 7) is 1.10. The average molecular weight is 324 g/mol. The van der Waals surface area contributed by atoms with E-state index in [1.807, 2.05) is 12.1 Å². The van der Waals surface area contributed by atoms with Crippen LogP contribution in [0.15, 0.2) is 12.1 Å². The predicted molar refractivity (Wildman–Crippen MR) is 84.3 cm³/mol. The van der Waals surface area contributed by atoms with Crippen LogP contribution >= 0.6 is 11.6 Å². The first kappa shape index (κ1) is 14.6. The van der Waals surface area contributed by atoms with E-state index in [9.17, 15) is 5.11 Å². The van der Waals surface area contributed by atoms with Crippen LogP contribution in [0.5, 0.6) is 11.5 Å². The van der Waals surface area contributed by atoms with E-state index in [0.717, 1.165) is 41.5 Å². The fourth-order valence-electron chi connectivity index (χ4n) is 4.39. The van der Waals surface area contributed by atoms with E-state index in [1.54, 1.807) is 0 Å². The van der Waals surface area contributed by atoms with Gasteiger partial charge in [0.1, 0.15) is 0 Å². The third-order valence-corrected chi connectivity index (χ3v) is 5.90. The standard InChI is InChI=1S/C17H22ClNO3/c1-19(13-2-10-4-14(20)5-11(10)3-13)8-12-6-16-17(7-15(12)18)22-9-21-16/h6-7,10-11,13-14,20H,2-5,8-9H2,1H3/t10-,11+,13?,14?. The molecule has 4 atom stereocenters. The average Bonchev–Trinajstić information content (AvgIpc) is 3.12. The summed E-state index contributed by atoms with van der Waals surface area (Å²) in [5.41, 5.74) is 1.09. The van der Waals surface area contributed by atoms with Crippen molar-refractivity contribution >= 4 is 11.6 Å². The predicted octanol–water partition coefficient (Wildman–Crippen LogP) is 3.05. The van der Waals surface area contributed by atoms with Crippen molar-refractivity contribution in [2.24, 2.45) is 11.8 Å². The van der Waals surface area contributed by atoms with Crippen molar-refractivity contribution in [1.82, 2.24) is 4.90 Å². The summed E-state index contributed by atoms with van der Waals surface area (Å²) >= 11 is 6.38. The smallest absolute Gasteiger partial charge is 0.231 e. The number of hydrogen-bond donors (Lipinski definition) is 1. The quantitative estimate of drug-likeness (QED) is 0.928. The Labute approximate surface area is 136 Å². The number of ether oxygens (including phenoxy) is 2. The molecular formula is C17H22ClNO3. The van der Waals surface area contributed by atoms with Crippen LogP contribution in [0.25, 0.3) is 0 Å². The van der Waals surface area contributed by atoms with Gasteiger partial charge in [0.15, 0.2) is 11.5 Å². The van der Waals surface area contributed by atoms with Gasteiger partial charge in [-0.2, -0.15) is 0 Å². The summed E-state index contributed by atoms with van der Waals surface area (Å²) in [7, 11) is 2.17. The van der Waals surface area contributed by atoms with Crippen molar-refractivity contribution in [1.29, 1.82) is 0 Å². The number of aliphatic hydroxyl groups excluding tert-OH is 1. The Morgan fingerprint density at radius 1 is 1.14 bits per heavy atom. The molecule has 1 aromatic rings. The first-order chi connectivity index (χ1) is 10.6. The fourth-order valence-corrected chi connectivity index (χ4v) is 4.60.